The summed E-state index contributed by atoms with van der Waals surface area (Å²) >= 11 is 1.78. The number of anilines is 1. The van der Waals surface area contributed by atoms with E-state index in [1.54, 1.807) is 11.8 Å². The average Bonchev–Trinajstić information content (AvgIpc) is 3.34. The lowest BCUT2D eigenvalue weighted by Crippen LogP contribution is -2.38. The van der Waals surface area contributed by atoms with Crippen LogP contribution >= 0.6 is 11.8 Å². The van der Waals surface area contributed by atoms with Gasteiger partial charge in [0.25, 0.3) is 0 Å². The summed E-state index contributed by atoms with van der Waals surface area (Å²) in [5, 5.41) is 15.0. The highest BCUT2D eigenvalue weighted by atomic mass is 32.2. The lowest BCUT2D eigenvalue weighted by molar-refractivity contribution is -0.137. The van der Waals surface area contributed by atoms with E-state index < -0.39 is 5.97 Å². The SMILES string of the molecule is CCSc1ccc(NC(=O)CNC[C@H]2[C@@H](C/C=C\CCCC(=O)O)[C@H]3CC[C@@H]2O3)cc1. The van der Waals surface area contributed by atoms with E-state index >= 15 is 0 Å². The Morgan fingerprint density at radius 2 is 1.90 bits per heavy atom. The van der Waals surface area contributed by atoms with E-state index in [1.807, 2.05) is 24.3 Å². The number of thioether (sulfide) groups is 1. The molecular formula is C24H34N2O4S. The van der Waals surface area contributed by atoms with Gasteiger partial charge in [-0.15, -0.1) is 11.8 Å². The number of allylic oxidation sites excluding steroid dienone is 2. The van der Waals surface area contributed by atoms with Gasteiger partial charge in [0.15, 0.2) is 0 Å². The van der Waals surface area contributed by atoms with E-state index in [4.69, 9.17) is 9.84 Å². The number of carbonyl (C=O) groups is 2. The number of fused-ring (bicyclic) bond motifs is 2. The molecule has 2 saturated heterocycles. The zero-order chi connectivity index (χ0) is 22.1. The molecule has 31 heavy (non-hydrogen) atoms. The molecule has 2 bridgehead atoms. The molecule has 1 aromatic carbocycles. The molecule has 0 aromatic heterocycles. The number of aliphatic carboxylic acids is 1. The maximum atomic E-state index is 12.3. The molecule has 170 valence electrons. The van der Waals surface area contributed by atoms with Gasteiger partial charge in [-0.25, -0.2) is 0 Å². The van der Waals surface area contributed by atoms with Crippen molar-refractivity contribution < 1.29 is 19.4 Å². The van der Waals surface area contributed by atoms with Crippen LogP contribution in [0.15, 0.2) is 41.3 Å². The standard InChI is InChI=1S/C24H34N2O4S/c1-2-31-18-11-9-17(10-12-18)26-23(27)16-25-15-20-19(21-13-14-22(20)30-21)7-5-3-4-6-8-24(28)29/h3,5,9-12,19-22,25H,2,4,6-8,13-16H2,1H3,(H,26,27)(H,28,29)/b5-3-/t19-,20+,21-,22+/m1/s1. The summed E-state index contributed by atoms with van der Waals surface area (Å²) < 4.78 is 6.14. The number of carboxylic acid groups (broad SMARTS) is 1. The zero-order valence-corrected chi connectivity index (χ0v) is 19.0. The quantitative estimate of drug-likeness (QED) is 0.238. The van der Waals surface area contributed by atoms with Crippen LogP contribution in [0, 0.1) is 11.8 Å². The summed E-state index contributed by atoms with van der Waals surface area (Å²) in [4.78, 5) is 24.1. The molecule has 0 spiro atoms. The predicted octanol–water partition coefficient (Wildman–Crippen LogP) is 4.32. The minimum absolute atomic E-state index is 0.0326. The van der Waals surface area contributed by atoms with Crippen molar-refractivity contribution in [1.29, 1.82) is 0 Å². The third-order valence-corrected chi connectivity index (χ3v) is 6.94. The Kier molecular flexibility index (Phi) is 9.43. The highest BCUT2D eigenvalue weighted by molar-refractivity contribution is 7.99. The van der Waals surface area contributed by atoms with Gasteiger partial charge in [0.2, 0.25) is 5.91 Å². The summed E-state index contributed by atoms with van der Waals surface area (Å²) in [5.41, 5.74) is 0.821. The number of hydrogen-bond donors (Lipinski definition) is 3. The second kappa shape index (κ2) is 12.3. The Hall–Kier alpha value is -1.83. The van der Waals surface area contributed by atoms with Crippen LogP contribution in [0.25, 0.3) is 0 Å². The van der Waals surface area contributed by atoms with Gasteiger partial charge >= 0.3 is 5.97 Å². The highest BCUT2D eigenvalue weighted by Crippen LogP contribution is 2.44. The van der Waals surface area contributed by atoms with Gasteiger partial charge in [0.1, 0.15) is 0 Å². The molecule has 2 aliphatic rings. The summed E-state index contributed by atoms with van der Waals surface area (Å²) in [5.74, 6) is 1.14. The monoisotopic (exact) mass is 446 g/mol. The molecule has 1 amide bonds. The van der Waals surface area contributed by atoms with Gasteiger partial charge in [0, 0.05) is 29.5 Å². The van der Waals surface area contributed by atoms with Crippen molar-refractivity contribution in [1.82, 2.24) is 5.32 Å². The molecular weight excluding hydrogens is 412 g/mol. The van der Waals surface area contributed by atoms with Crippen molar-refractivity contribution in [3.8, 4) is 0 Å². The van der Waals surface area contributed by atoms with Crippen LogP contribution in [0.4, 0.5) is 5.69 Å². The van der Waals surface area contributed by atoms with Crippen molar-refractivity contribution in [2.75, 3.05) is 24.2 Å². The Balaban J connectivity index is 1.39. The molecule has 7 heteroatoms. The fourth-order valence-electron chi connectivity index (χ4n) is 4.58. The van der Waals surface area contributed by atoms with Crippen molar-refractivity contribution in [2.45, 2.75) is 62.6 Å². The van der Waals surface area contributed by atoms with Crippen LogP contribution < -0.4 is 10.6 Å². The molecule has 0 aliphatic carbocycles. The number of hydrogen-bond acceptors (Lipinski definition) is 5. The van der Waals surface area contributed by atoms with Crippen LogP contribution in [-0.2, 0) is 14.3 Å². The largest absolute Gasteiger partial charge is 0.481 e. The maximum Gasteiger partial charge on any atom is 0.303 e. The van der Waals surface area contributed by atoms with Gasteiger partial charge in [-0.1, -0.05) is 19.1 Å². The number of benzene rings is 1. The lowest BCUT2D eigenvalue weighted by Gasteiger charge is -2.27. The smallest absolute Gasteiger partial charge is 0.303 e. The molecule has 6 nitrogen and oxygen atoms in total. The predicted molar refractivity (Wildman–Crippen MR) is 124 cm³/mol. The third-order valence-electron chi connectivity index (χ3n) is 6.04. The summed E-state index contributed by atoms with van der Waals surface area (Å²) in [6.45, 7) is 3.19. The Labute approximate surface area is 189 Å². The molecule has 0 radical (unpaired) electrons. The molecule has 1 aromatic rings. The van der Waals surface area contributed by atoms with Gasteiger partial charge < -0.3 is 20.5 Å². The zero-order valence-electron chi connectivity index (χ0n) is 18.2. The minimum Gasteiger partial charge on any atom is -0.481 e. The number of carbonyl (C=O) groups excluding carboxylic acids is 1. The number of nitrogens with one attached hydrogen (secondary N) is 2. The summed E-state index contributed by atoms with van der Waals surface area (Å²) in [6.07, 6.45) is 9.74. The normalized spacial score (nSPS) is 24.7. The number of ether oxygens (including phenoxy) is 1. The molecule has 2 heterocycles. The molecule has 0 unspecified atom stereocenters. The van der Waals surface area contributed by atoms with Gasteiger partial charge in [-0.2, -0.15) is 0 Å². The van der Waals surface area contributed by atoms with Crippen LogP contribution in [0.1, 0.15) is 45.4 Å². The van der Waals surface area contributed by atoms with Crippen molar-refractivity contribution in [3.05, 3.63) is 36.4 Å². The molecule has 4 atom stereocenters. The van der Waals surface area contributed by atoms with Gasteiger partial charge in [0.05, 0.1) is 18.8 Å². The molecule has 3 N–H and O–H groups in total. The first-order chi connectivity index (χ1) is 15.1. The first kappa shape index (κ1) is 23.8. The summed E-state index contributed by atoms with van der Waals surface area (Å²) in [6, 6.07) is 7.95. The van der Waals surface area contributed by atoms with Crippen molar-refractivity contribution >= 4 is 29.3 Å². The Morgan fingerprint density at radius 1 is 1.16 bits per heavy atom. The minimum atomic E-state index is -0.738. The number of rotatable bonds is 13. The van der Waals surface area contributed by atoms with E-state index in [2.05, 4.69) is 29.7 Å². The van der Waals surface area contributed by atoms with Crippen molar-refractivity contribution in [2.24, 2.45) is 11.8 Å². The van der Waals surface area contributed by atoms with Crippen LogP contribution in [-0.4, -0.2) is 48.0 Å². The van der Waals surface area contributed by atoms with E-state index in [9.17, 15) is 9.59 Å². The fraction of sp³-hybridized carbons (Fsp3) is 0.583. The first-order valence-electron chi connectivity index (χ1n) is 11.3. The Morgan fingerprint density at radius 3 is 2.61 bits per heavy atom. The average molecular weight is 447 g/mol. The Bertz CT molecular complexity index is 752. The van der Waals surface area contributed by atoms with E-state index in [1.165, 1.54) is 4.90 Å². The van der Waals surface area contributed by atoms with E-state index in [0.717, 1.165) is 43.7 Å². The first-order valence-corrected chi connectivity index (χ1v) is 12.3. The second-order valence-electron chi connectivity index (χ2n) is 8.25. The second-order valence-corrected chi connectivity index (χ2v) is 9.59. The maximum absolute atomic E-state index is 12.3. The van der Waals surface area contributed by atoms with Crippen LogP contribution in [0.3, 0.4) is 0 Å². The third kappa shape index (κ3) is 7.37. The molecule has 2 aliphatic heterocycles. The van der Waals surface area contributed by atoms with Crippen LogP contribution in [0.2, 0.25) is 0 Å². The van der Waals surface area contributed by atoms with E-state index in [-0.39, 0.29) is 25.0 Å². The lowest BCUT2D eigenvalue weighted by atomic mass is 9.77. The van der Waals surface area contributed by atoms with Gasteiger partial charge in [-0.3, -0.25) is 9.59 Å². The molecule has 0 saturated carbocycles. The molecule has 2 fully saturated rings. The van der Waals surface area contributed by atoms with Gasteiger partial charge in [-0.05, 0) is 68.0 Å². The highest BCUT2D eigenvalue weighted by Gasteiger charge is 2.47. The van der Waals surface area contributed by atoms with E-state index in [0.29, 0.717) is 24.4 Å². The van der Waals surface area contributed by atoms with Crippen molar-refractivity contribution in [3.63, 3.8) is 0 Å². The topological polar surface area (TPSA) is 87.7 Å². The number of carboxylic acids is 1. The fourth-order valence-corrected chi connectivity index (χ4v) is 5.24. The number of amides is 1. The molecule has 3 rings (SSSR count). The van der Waals surface area contributed by atoms with Crippen LogP contribution in [0.5, 0.6) is 0 Å². The number of unbranched alkanes of at least 4 members (excludes halogenated alkanes) is 1. The summed E-state index contributed by atoms with van der Waals surface area (Å²) in [7, 11) is 0.